The van der Waals surface area contributed by atoms with Crippen LogP contribution in [-0.2, 0) is 6.42 Å². The third-order valence-corrected chi connectivity index (χ3v) is 2.29. The van der Waals surface area contributed by atoms with Crippen molar-refractivity contribution in [2.45, 2.75) is 25.9 Å². The summed E-state index contributed by atoms with van der Waals surface area (Å²) in [5, 5.41) is 16.6. The predicted molar refractivity (Wildman–Crippen MR) is 52.9 cm³/mol. The van der Waals surface area contributed by atoms with Crippen molar-refractivity contribution in [3.8, 4) is 0 Å². The standard InChI is InChI=1S/C10H12FN3O/c1-7(15)2-3-8-4-10-13-12-6-14(10)5-9(8)11/h4-7,15H,2-3H2,1H3/t7-/m1/s1. The zero-order chi connectivity index (χ0) is 10.8. The minimum atomic E-state index is -0.418. The van der Waals surface area contributed by atoms with Crippen LogP contribution in [0, 0.1) is 5.82 Å². The summed E-state index contributed by atoms with van der Waals surface area (Å²) in [7, 11) is 0. The van der Waals surface area contributed by atoms with Crippen molar-refractivity contribution in [1.82, 2.24) is 14.6 Å². The Morgan fingerprint density at radius 3 is 3.13 bits per heavy atom. The molecule has 0 amide bonds. The maximum Gasteiger partial charge on any atom is 0.161 e. The molecule has 15 heavy (non-hydrogen) atoms. The van der Waals surface area contributed by atoms with Gasteiger partial charge in [-0.2, -0.15) is 0 Å². The number of halogens is 1. The van der Waals surface area contributed by atoms with E-state index >= 15 is 0 Å². The molecule has 2 aromatic heterocycles. The molecule has 2 heterocycles. The van der Waals surface area contributed by atoms with Crippen LogP contribution >= 0.6 is 0 Å². The average Bonchev–Trinajstić information content (AvgIpc) is 2.60. The number of aliphatic hydroxyl groups excluding tert-OH is 1. The Kier molecular flexibility index (Phi) is 2.64. The second-order valence-electron chi connectivity index (χ2n) is 3.63. The Bertz CT molecular complexity index is 467. The van der Waals surface area contributed by atoms with Gasteiger partial charge in [-0.25, -0.2) is 4.39 Å². The van der Waals surface area contributed by atoms with E-state index in [9.17, 15) is 4.39 Å². The Labute approximate surface area is 86.4 Å². The van der Waals surface area contributed by atoms with Crippen LogP contribution in [-0.4, -0.2) is 25.8 Å². The van der Waals surface area contributed by atoms with E-state index in [2.05, 4.69) is 10.2 Å². The highest BCUT2D eigenvalue weighted by Crippen LogP contribution is 2.13. The summed E-state index contributed by atoms with van der Waals surface area (Å²) in [6, 6.07) is 1.66. The molecule has 0 aromatic carbocycles. The van der Waals surface area contributed by atoms with Crippen molar-refractivity contribution in [2.24, 2.45) is 0 Å². The Morgan fingerprint density at radius 1 is 1.60 bits per heavy atom. The van der Waals surface area contributed by atoms with Crippen LogP contribution in [0.5, 0.6) is 0 Å². The number of pyridine rings is 1. The molecule has 1 atom stereocenters. The highest BCUT2D eigenvalue weighted by molar-refractivity contribution is 5.40. The van der Waals surface area contributed by atoms with E-state index in [0.29, 0.717) is 24.1 Å². The summed E-state index contributed by atoms with van der Waals surface area (Å²) in [6.45, 7) is 1.69. The maximum absolute atomic E-state index is 13.5. The molecule has 0 spiro atoms. The summed E-state index contributed by atoms with van der Waals surface area (Å²) in [5.41, 5.74) is 1.19. The number of nitrogens with zero attached hydrogens (tertiary/aromatic N) is 3. The molecule has 0 aliphatic rings. The van der Waals surface area contributed by atoms with Crippen LogP contribution < -0.4 is 0 Å². The van der Waals surface area contributed by atoms with E-state index in [1.165, 1.54) is 16.9 Å². The van der Waals surface area contributed by atoms with Crippen LogP contribution in [0.4, 0.5) is 4.39 Å². The second-order valence-corrected chi connectivity index (χ2v) is 3.63. The fourth-order valence-corrected chi connectivity index (χ4v) is 1.44. The van der Waals surface area contributed by atoms with E-state index in [0.717, 1.165) is 0 Å². The number of hydrogen-bond acceptors (Lipinski definition) is 3. The fourth-order valence-electron chi connectivity index (χ4n) is 1.44. The zero-order valence-electron chi connectivity index (χ0n) is 8.39. The van der Waals surface area contributed by atoms with E-state index in [4.69, 9.17) is 5.11 Å². The molecular weight excluding hydrogens is 197 g/mol. The molecule has 0 aliphatic heterocycles. The lowest BCUT2D eigenvalue weighted by molar-refractivity contribution is 0.184. The molecule has 80 valence electrons. The van der Waals surface area contributed by atoms with E-state index < -0.39 is 6.10 Å². The third kappa shape index (κ3) is 2.12. The number of fused-ring (bicyclic) bond motifs is 1. The number of rotatable bonds is 3. The van der Waals surface area contributed by atoms with Gasteiger partial charge in [0.25, 0.3) is 0 Å². The van der Waals surface area contributed by atoms with Crippen LogP contribution in [0.3, 0.4) is 0 Å². The molecule has 2 aromatic rings. The first kappa shape index (κ1) is 10.0. The number of hydrogen-bond donors (Lipinski definition) is 1. The van der Waals surface area contributed by atoms with Gasteiger partial charge in [-0.05, 0) is 31.4 Å². The van der Waals surface area contributed by atoms with Crippen molar-refractivity contribution in [3.63, 3.8) is 0 Å². The quantitative estimate of drug-likeness (QED) is 0.825. The molecular formula is C10H12FN3O. The minimum Gasteiger partial charge on any atom is -0.393 e. The molecule has 0 saturated carbocycles. The van der Waals surface area contributed by atoms with Gasteiger partial charge < -0.3 is 5.11 Å². The Balaban J connectivity index is 2.29. The number of aliphatic hydroxyl groups is 1. The average molecular weight is 209 g/mol. The van der Waals surface area contributed by atoms with E-state index in [1.54, 1.807) is 13.0 Å². The van der Waals surface area contributed by atoms with Crippen molar-refractivity contribution in [3.05, 3.63) is 30.0 Å². The van der Waals surface area contributed by atoms with Crippen LogP contribution in [0.15, 0.2) is 18.6 Å². The van der Waals surface area contributed by atoms with Gasteiger partial charge in [-0.15, -0.1) is 10.2 Å². The van der Waals surface area contributed by atoms with E-state index in [-0.39, 0.29) is 5.82 Å². The molecule has 5 heteroatoms. The van der Waals surface area contributed by atoms with Crippen molar-refractivity contribution in [2.75, 3.05) is 0 Å². The van der Waals surface area contributed by atoms with Gasteiger partial charge in [-0.1, -0.05) is 0 Å². The molecule has 0 saturated heterocycles. The first-order valence-electron chi connectivity index (χ1n) is 4.82. The fraction of sp³-hybridized carbons (Fsp3) is 0.400. The SMILES string of the molecule is C[C@@H](O)CCc1cc2nncn2cc1F. The normalized spacial score (nSPS) is 13.3. The van der Waals surface area contributed by atoms with Gasteiger partial charge in [0.1, 0.15) is 12.1 Å². The third-order valence-electron chi connectivity index (χ3n) is 2.29. The lowest BCUT2D eigenvalue weighted by Gasteiger charge is -2.05. The Hall–Kier alpha value is -1.49. The van der Waals surface area contributed by atoms with Gasteiger partial charge in [0.15, 0.2) is 5.65 Å². The summed E-state index contributed by atoms with van der Waals surface area (Å²) in [4.78, 5) is 0. The molecule has 2 rings (SSSR count). The lowest BCUT2D eigenvalue weighted by Crippen LogP contribution is -2.03. The van der Waals surface area contributed by atoms with E-state index in [1.807, 2.05) is 0 Å². The number of aromatic nitrogens is 3. The molecule has 0 unspecified atom stereocenters. The first-order chi connectivity index (χ1) is 7.16. The molecule has 0 bridgehead atoms. The molecule has 1 N–H and O–H groups in total. The molecule has 4 nitrogen and oxygen atoms in total. The van der Waals surface area contributed by atoms with Gasteiger partial charge in [0.05, 0.1) is 6.10 Å². The Morgan fingerprint density at radius 2 is 2.40 bits per heavy atom. The summed E-state index contributed by atoms with van der Waals surface area (Å²) in [6.07, 6.45) is 3.44. The van der Waals surface area contributed by atoms with Gasteiger partial charge in [-0.3, -0.25) is 4.40 Å². The highest BCUT2D eigenvalue weighted by atomic mass is 19.1. The maximum atomic E-state index is 13.5. The van der Waals surface area contributed by atoms with Gasteiger partial charge in [0, 0.05) is 6.20 Å². The summed E-state index contributed by atoms with van der Waals surface area (Å²) in [5.74, 6) is -0.289. The smallest absolute Gasteiger partial charge is 0.161 e. The van der Waals surface area contributed by atoms with Gasteiger partial charge in [0.2, 0.25) is 0 Å². The first-order valence-corrected chi connectivity index (χ1v) is 4.82. The second kappa shape index (κ2) is 3.94. The minimum absolute atomic E-state index is 0.289. The summed E-state index contributed by atoms with van der Waals surface area (Å²) >= 11 is 0. The summed E-state index contributed by atoms with van der Waals surface area (Å²) < 4.78 is 15.0. The van der Waals surface area contributed by atoms with Gasteiger partial charge >= 0.3 is 0 Å². The zero-order valence-corrected chi connectivity index (χ0v) is 8.39. The van der Waals surface area contributed by atoms with Crippen LogP contribution in [0.25, 0.3) is 5.65 Å². The van der Waals surface area contributed by atoms with Crippen molar-refractivity contribution in [1.29, 1.82) is 0 Å². The molecule has 0 radical (unpaired) electrons. The lowest BCUT2D eigenvalue weighted by atomic mass is 10.1. The molecule has 0 aliphatic carbocycles. The van der Waals surface area contributed by atoms with Crippen LogP contribution in [0.1, 0.15) is 18.9 Å². The largest absolute Gasteiger partial charge is 0.393 e. The van der Waals surface area contributed by atoms with Crippen LogP contribution in [0.2, 0.25) is 0 Å². The van der Waals surface area contributed by atoms with Crippen molar-refractivity contribution >= 4 is 5.65 Å². The predicted octanol–water partition coefficient (Wildman–Crippen LogP) is 1.18. The molecule has 0 fully saturated rings. The monoisotopic (exact) mass is 209 g/mol. The highest BCUT2D eigenvalue weighted by Gasteiger charge is 2.07. The topological polar surface area (TPSA) is 50.4 Å². The number of aryl methyl sites for hydroxylation is 1. The van der Waals surface area contributed by atoms with Crippen molar-refractivity contribution < 1.29 is 9.50 Å².